The third-order valence-corrected chi connectivity index (χ3v) is 7.32. The van der Waals surface area contributed by atoms with Crippen LogP contribution >= 0.6 is 0 Å². The second-order valence-corrected chi connectivity index (χ2v) is 9.56. The number of hydrogen-bond donors (Lipinski definition) is 2. The Hall–Kier alpha value is -3.65. The molecule has 5 rings (SSSR count). The number of carbonyl (C=O) groups excluding carboxylic acids is 1. The van der Waals surface area contributed by atoms with E-state index >= 15 is 0 Å². The maximum Gasteiger partial charge on any atom is 0.274 e. The number of hydrogen-bond acceptors (Lipinski definition) is 6. The van der Waals surface area contributed by atoms with Crippen molar-refractivity contribution in [2.45, 2.75) is 38.1 Å². The van der Waals surface area contributed by atoms with Crippen LogP contribution < -0.4 is 10.3 Å². The molecule has 2 heterocycles. The molecule has 1 aromatic heterocycles. The van der Waals surface area contributed by atoms with Crippen LogP contribution in [-0.4, -0.2) is 70.1 Å². The van der Waals surface area contributed by atoms with E-state index in [0.717, 1.165) is 26.2 Å². The second-order valence-electron chi connectivity index (χ2n) is 9.56. The largest absolute Gasteiger partial charge is 0.507 e. The Kier molecular flexibility index (Phi) is 7.04. The highest BCUT2D eigenvalue weighted by Crippen LogP contribution is 2.24. The number of aromatic amines is 1. The molecule has 3 aromatic rings. The first-order chi connectivity index (χ1) is 17.5. The highest BCUT2D eigenvalue weighted by Gasteiger charge is 2.27. The van der Waals surface area contributed by atoms with E-state index in [2.05, 4.69) is 14.9 Å². The van der Waals surface area contributed by atoms with Gasteiger partial charge in [-0.3, -0.25) is 14.5 Å². The Labute approximate surface area is 210 Å². The summed E-state index contributed by atoms with van der Waals surface area (Å²) in [5.41, 5.74) is 1.77. The molecule has 1 saturated carbocycles. The van der Waals surface area contributed by atoms with Crippen LogP contribution in [-0.2, 0) is 0 Å². The average molecular weight is 489 g/mol. The molecule has 1 aliphatic carbocycles. The number of methoxy groups -OCH3 is 1. The lowest BCUT2D eigenvalue weighted by molar-refractivity contribution is 0.0523. The Balaban J connectivity index is 1.30. The van der Waals surface area contributed by atoms with Crippen molar-refractivity contribution in [2.75, 3.05) is 33.3 Å². The van der Waals surface area contributed by atoms with Gasteiger partial charge in [-0.25, -0.2) is 4.98 Å². The number of piperazine rings is 1. The van der Waals surface area contributed by atoms with Crippen LogP contribution in [0, 0.1) is 0 Å². The van der Waals surface area contributed by atoms with Crippen molar-refractivity contribution in [3.63, 3.8) is 0 Å². The van der Waals surface area contributed by atoms with E-state index in [1.807, 2.05) is 4.90 Å². The molecule has 0 radical (unpaired) electrons. The van der Waals surface area contributed by atoms with Gasteiger partial charge in [0.2, 0.25) is 0 Å². The number of aliphatic hydroxyl groups excluding tert-OH is 1. The van der Waals surface area contributed by atoms with E-state index in [-0.39, 0.29) is 17.4 Å². The third kappa shape index (κ3) is 5.14. The number of nitrogens with one attached hydrogen (secondary N) is 1. The van der Waals surface area contributed by atoms with Crippen molar-refractivity contribution in [1.29, 1.82) is 0 Å². The van der Waals surface area contributed by atoms with Crippen molar-refractivity contribution in [1.82, 2.24) is 19.8 Å². The fraction of sp³-hybridized carbons (Fsp3) is 0.393. The maximum atomic E-state index is 13.2. The minimum Gasteiger partial charge on any atom is -0.507 e. The molecule has 1 aliphatic heterocycles. The molecule has 36 heavy (non-hydrogen) atoms. The van der Waals surface area contributed by atoms with E-state index in [4.69, 9.17) is 4.74 Å². The van der Waals surface area contributed by atoms with E-state index in [1.54, 1.807) is 49.6 Å². The first-order valence-electron chi connectivity index (χ1n) is 12.6. The van der Waals surface area contributed by atoms with Gasteiger partial charge in [-0.1, -0.05) is 19.3 Å². The van der Waals surface area contributed by atoms with Crippen molar-refractivity contribution in [3.05, 3.63) is 69.6 Å². The van der Waals surface area contributed by atoms with Crippen molar-refractivity contribution < 1.29 is 14.6 Å². The zero-order valence-electron chi connectivity index (χ0n) is 20.6. The van der Waals surface area contributed by atoms with Crippen molar-refractivity contribution >= 4 is 28.8 Å². The number of aliphatic hydroxyl groups is 1. The molecular weight excluding hydrogens is 456 g/mol. The number of fused-ring (bicyclic) bond motifs is 1. The van der Waals surface area contributed by atoms with E-state index in [9.17, 15) is 14.7 Å². The summed E-state index contributed by atoms with van der Waals surface area (Å²) in [4.78, 5) is 37.5. The lowest BCUT2D eigenvalue weighted by atomic mass is 9.94. The van der Waals surface area contributed by atoms with Crippen LogP contribution in [0.3, 0.4) is 0 Å². The normalized spacial score (nSPS) is 17.9. The zero-order chi connectivity index (χ0) is 25.1. The molecular formula is C28H32N4O4. The number of H-pyrrole nitrogens is 1. The summed E-state index contributed by atoms with van der Waals surface area (Å²) in [5.74, 6) is 0.570. The molecule has 2 aliphatic rings. The fourth-order valence-electron chi connectivity index (χ4n) is 5.22. The Bertz CT molecular complexity index is 1320. The van der Waals surface area contributed by atoms with Gasteiger partial charge in [0, 0.05) is 49.4 Å². The number of nitrogens with zero attached hydrogens (tertiary/aromatic N) is 3. The predicted octanol–water partition coefficient (Wildman–Crippen LogP) is 4.08. The maximum absolute atomic E-state index is 13.2. The van der Waals surface area contributed by atoms with Gasteiger partial charge >= 0.3 is 0 Å². The first kappa shape index (κ1) is 24.1. The van der Waals surface area contributed by atoms with Crippen LogP contribution in [0.25, 0.3) is 22.9 Å². The van der Waals surface area contributed by atoms with Gasteiger partial charge in [-0.15, -0.1) is 0 Å². The number of rotatable bonds is 5. The highest BCUT2D eigenvalue weighted by molar-refractivity contribution is 5.97. The summed E-state index contributed by atoms with van der Waals surface area (Å²) in [7, 11) is 1.57. The van der Waals surface area contributed by atoms with Gasteiger partial charge in [0.05, 0.1) is 18.1 Å². The molecule has 1 saturated heterocycles. The molecule has 8 heteroatoms. The topological polar surface area (TPSA) is 98.8 Å². The number of ether oxygens (including phenoxy) is 1. The van der Waals surface area contributed by atoms with Crippen LogP contribution in [0.2, 0.25) is 0 Å². The van der Waals surface area contributed by atoms with E-state index in [1.165, 1.54) is 38.2 Å². The molecule has 2 fully saturated rings. The number of aromatic nitrogens is 2. The monoisotopic (exact) mass is 488 g/mol. The van der Waals surface area contributed by atoms with Gasteiger partial charge in [0.15, 0.2) is 0 Å². The molecule has 0 atom stereocenters. The molecule has 8 nitrogen and oxygen atoms in total. The van der Waals surface area contributed by atoms with Crippen LogP contribution in [0.4, 0.5) is 0 Å². The lowest BCUT2D eigenvalue weighted by Crippen LogP contribution is -2.52. The van der Waals surface area contributed by atoms with Crippen LogP contribution in [0.1, 0.15) is 53.7 Å². The Morgan fingerprint density at radius 2 is 1.72 bits per heavy atom. The summed E-state index contributed by atoms with van der Waals surface area (Å²) in [5, 5.41) is 10.5. The minimum atomic E-state index is -0.437. The molecule has 188 valence electrons. The zero-order valence-corrected chi connectivity index (χ0v) is 20.6. The molecule has 0 unspecified atom stereocenters. The summed E-state index contributed by atoms with van der Waals surface area (Å²) in [6.07, 6.45) is 7.85. The molecule has 2 aromatic carbocycles. The standard InChI is InChI=1S/C28H32N4O4/c1-36-22-10-7-19(8-11-22)26(33)18-25-27(34)30-24-17-20(9-12-23(24)29-25)28(35)32-15-13-31(14-16-32)21-5-3-2-4-6-21/h7-12,17-18,21,33H,2-6,13-16H2,1H3,(H,30,34)/b26-18-. The SMILES string of the molecule is COc1ccc(/C(O)=C/c2nc3ccc(C(=O)N4CCN(C5CCCCC5)CC4)cc3[nH]c2=O)cc1. The predicted molar refractivity (Wildman–Crippen MR) is 140 cm³/mol. The summed E-state index contributed by atoms with van der Waals surface area (Å²) in [6, 6.07) is 12.7. The van der Waals surface area contributed by atoms with E-state index in [0.29, 0.717) is 34.0 Å². The minimum absolute atomic E-state index is 0.0258. The number of amides is 1. The number of carbonyl (C=O) groups is 1. The van der Waals surface area contributed by atoms with Gasteiger partial charge in [0.25, 0.3) is 11.5 Å². The van der Waals surface area contributed by atoms with Gasteiger partial charge in [0.1, 0.15) is 17.2 Å². The van der Waals surface area contributed by atoms with Gasteiger partial charge in [-0.05, 0) is 55.3 Å². The van der Waals surface area contributed by atoms with Gasteiger partial charge < -0.3 is 19.7 Å². The molecule has 1 amide bonds. The van der Waals surface area contributed by atoms with Crippen LogP contribution in [0.15, 0.2) is 47.3 Å². The molecule has 2 N–H and O–H groups in total. The summed E-state index contributed by atoms with van der Waals surface area (Å²) in [6.45, 7) is 3.26. The fourth-order valence-corrected chi connectivity index (χ4v) is 5.22. The van der Waals surface area contributed by atoms with Crippen LogP contribution in [0.5, 0.6) is 5.75 Å². The van der Waals surface area contributed by atoms with E-state index < -0.39 is 5.56 Å². The smallest absolute Gasteiger partial charge is 0.274 e. The lowest BCUT2D eigenvalue weighted by Gasteiger charge is -2.40. The summed E-state index contributed by atoms with van der Waals surface area (Å²) >= 11 is 0. The average Bonchev–Trinajstić information content (AvgIpc) is 2.93. The highest BCUT2D eigenvalue weighted by atomic mass is 16.5. The molecule has 0 spiro atoms. The molecule has 0 bridgehead atoms. The second kappa shape index (κ2) is 10.5. The quantitative estimate of drug-likeness (QED) is 0.525. The Morgan fingerprint density at radius 3 is 2.42 bits per heavy atom. The number of benzene rings is 2. The van der Waals surface area contributed by atoms with Crippen molar-refractivity contribution in [2.24, 2.45) is 0 Å². The van der Waals surface area contributed by atoms with Gasteiger partial charge in [-0.2, -0.15) is 0 Å². The Morgan fingerprint density at radius 1 is 1.03 bits per heavy atom. The third-order valence-electron chi connectivity index (χ3n) is 7.32. The summed E-state index contributed by atoms with van der Waals surface area (Å²) < 4.78 is 5.13. The van der Waals surface area contributed by atoms with Crippen molar-refractivity contribution in [3.8, 4) is 5.75 Å². The first-order valence-corrected chi connectivity index (χ1v) is 12.6.